The van der Waals surface area contributed by atoms with E-state index in [0.29, 0.717) is 5.92 Å². The molecule has 0 radical (unpaired) electrons. The first kappa shape index (κ1) is 10.4. The zero-order valence-corrected chi connectivity index (χ0v) is 9.35. The van der Waals surface area contributed by atoms with Crippen molar-refractivity contribution in [2.75, 3.05) is 0 Å². The first-order valence-electron chi connectivity index (χ1n) is 4.99. The molecule has 0 unspecified atom stereocenters. The fourth-order valence-electron chi connectivity index (χ4n) is 1.29. The van der Waals surface area contributed by atoms with Gasteiger partial charge in [-0.05, 0) is 18.1 Å². The van der Waals surface area contributed by atoms with Gasteiger partial charge < -0.3 is 4.42 Å². The average molecular weight is 180 g/mol. The van der Waals surface area contributed by atoms with Crippen LogP contribution in [0.1, 0.15) is 46.1 Å². The van der Waals surface area contributed by atoms with Crippen molar-refractivity contribution in [2.45, 2.75) is 46.5 Å². The minimum Gasteiger partial charge on any atom is -0.466 e. The number of furan rings is 1. The maximum absolute atomic E-state index is 5.76. The average Bonchev–Trinajstić information content (AvgIpc) is 2.32. The van der Waals surface area contributed by atoms with Crippen LogP contribution in [0.2, 0.25) is 0 Å². The molecule has 1 heteroatoms. The maximum Gasteiger partial charge on any atom is 0.109 e. The first-order valence-corrected chi connectivity index (χ1v) is 4.99. The third-order valence-corrected chi connectivity index (χ3v) is 2.01. The van der Waals surface area contributed by atoms with Crippen LogP contribution in [0.5, 0.6) is 0 Å². The normalized spacial score (nSPS) is 12.5. The Hall–Kier alpha value is -0.720. The van der Waals surface area contributed by atoms with Crippen molar-refractivity contribution in [1.29, 1.82) is 0 Å². The summed E-state index contributed by atoms with van der Waals surface area (Å²) < 4.78 is 5.76. The molecular weight excluding hydrogens is 160 g/mol. The lowest BCUT2D eigenvalue weighted by Gasteiger charge is -2.14. The van der Waals surface area contributed by atoms with E-state index in [2.05, 4.69) is 46.8 Å². The Bertz CT molecular complexity index is 263. The molecule has 1 rings (SSSR count). The Morgan fingerprint density at radius 2 is 1.85 bits per heavy atom. The highest BCUT2D eigenvalue weighted by Crippen LogP contribution is 2.25. The Morgan fingerprint density at radius 3 is 2.23 bits per heavy atom. The van der Waals surface area contributed by atoms with Crippen molar-refractivity contribution in [3.63, 3.8) is 0 Å². The highest BCUT2D eigenvalue weighted by molar-refractivity contribution is 5.14. The van der Waals surface area contributed by atoms with Crippen LogP contribution < -0.4 is 0 Å². The predicted octanol–water partition coefficient (Wildman–Crippen LogP) is 3.78. The van der Waals surface area contributed by atoms with Crippen molar-refractivity contribution in [2.24, 2.45) is 5.92 Å². The second-order valence-corrected chi connectivity index (χ2v) is 5.11. The van der Waals surface area contributed by atoms with Crippen LogP contribution in [0.4, 0.5) is 0 Å². The Kier molecular flexibility index (Phi) is 2.84. The van der Waals surface area contributed by atoms with E-state index < -0.39 is 0 Å². The van der Waals surface area contributed by atoms with Gasteiger partial charge in [-0.25, -0.2) is 0 Å². The summed E-state index contributed by atoms with van der Waals surface area (Å²) in [6.45, 7) is 10.9. The van der Waals surface area contributed by atoms with E-state index in [9.17, 15) is 0 Å². The van der Waals surface area contributed by atoms with Gasteiger partial charge in [0.1, 0.15) is 11.5 Å². The minimum absolute atomic E-state index is 0.134. The number of hydrogen-bond donors (Lipinski definition) is 0. The number of rotatable bonds is 2. The summed E-state index contributed by atoms with van der Waals surface area (Å²) in [5.74, 6) is 2.86. The topological polar surface area (TPSA) is 13.1 Å². The zero-order chi connectivity index (χ0) is 10.1. The molecule has 0 aliphatic heterocycles. The van der Waals surface area contributed by atoms with Crippen molar-refractivity contribution < 1.29 is 4.42 Å². The molecule has 0 aliphatic carbocycles. The van der Waals surface area contributed by atoms with Crippen molar-refractivity contribution in [1.82, 2.24) is 0 Å². The van der Waals surface area contributed by atoms with Crippen molar-refractivity contribution in [3.8, 4) is 0 Å². The Morgan fingerprint density at radius 1 is 1.23 bits per heavy atom. The fourth-order valence-corrected chi connectivity index (χ4v) is 1.29. The third-order valence-electron chi connectivity index (χ3n) is 2.01. The van der Waals surface area contributed by atoms with Gasteiger partial charge in [0.2, 0.25) is 0 Å². The zero-order valence-electron chi connectivity index (χ0n) is 9.35. The van der Waals surface area contributed by atoms with Crippen LogP contribution in [0, 0.1) is 5.92 Å². The van der Waals surface area contributed by atoms with Gasteiger partial charge in [0.05, 0.1) is 0 Å². The largest absolute Gasteiger partial charge is 0.466 e. The van der Waals surface area contributed by atoms with Gasteiger partial charge in [-0.1, -0.05) is 34.6 Å². The molecule has 0 saturated carbocycles. The van der Waals surface area contributed by atoms with E-state index in [1.807, 2.05) is 0 Å². The molecule has 0 aliphatic rings. The van der Waals surface area contributed by atoms with Crippen LogP contribution in [-0.4, -0.2) is 0 Å². The van der Waals surface area contributed by atoms with E-state index in [1.54, 1.807) is 0 Å². The van der Waals surface area contributed by atoms with E-state index in [-0.39, 0.29) is 5.41 Å². The van der Waals surface area contributed by atoms with Crippen molar-refractivity contribution >= 4 is 0 Å². The quantitative estimate of drug-likeness (QED) is 0.675. The Labute approximate surface area is 81.1 Å². The second kappa shape index (κ2) is 3.57. The van der Waals surface area contributed by atoms with Crippen LogP contribution in [0.3, 0.4) is 0 Å². The highest BCUT2D eigenvalue weighted by atomic mass is 16.3. The van der Waals surface area contributed by atoms with E-state index in [0.717, 1.165) is 17.9 Å². The molecule has 74 valence electrons. The van der Waals surface area contributed by atoms with Crippen LogP contribution in [-0.2, 0) is 11.8 Å². The molecule has 1 heterocycles. The third kappa shape index (κ3) is 2.91. The van der Waals surface area contributed by atoms with Crippen LogP contribution in [0.15, 0.2) is 16.5 Å². The summed E-state index contributed by atoms with van der Waals surface area (Å²) in [6, 6.07) is 4.19. The molecular formula is C12H20O. The summed E-state index contributed by atoms with van der Waals surface area (Å²) in [5, 5.41) is 0. The van der Waals surface area contributed by atoms with Gasteiger partial charge in [-0.2, -0.15) is 0 Å². The molecule has 0 bridgehead atoms. The molecule has 1 aromatic heterocycles. The summed E-state index contributed by atoms with van der Waals surface area (Å²) in [5.41, 5.74) is 0.134. The molecule has 0 N–H and O–H groups in total. The summed E-state index contributed by atoms with van der Waals surface area (Å²) in [4.78, 5) is 0. The van der Waals surface area contributed by atoms with Gasteiger partial charge in [0, 0.05) is 11.8 Å². The molecule has 1 aromatic rings. The van der Waals surface area contributed by atoms with Gasteiger partial charge in [0.25, 0.3) is 0 Å². The number of hydrogen-bond acceptors (Lipinski definition) is 1. The summed E-state index contributed by atoms with van der Waals surface area (Å²) in [6.07, 6.45) is 1.04. The van der Waals surface area contributed by atoms with E-state index in [1.165, 1.54) is 0 Å². The van der Waals surface area contributed by atoms with Crippen molar-refractivity contribution in [3.05, 3.63) is 23.7 Å². The standard InChI is InChI=1S/C12H20O/c1-9(2)8-10-6-7-11(13-10)12(3,4)5/h6-7,9H,8H2,1-5H3. The second-order valence-electron chi connectivity index (χ2n) is 5.11. The summed E-state index contributed by atoms with van der Waals surface area (Å²) in [7, 11) is 0. The maximum atomic E-state index is 5.76. The van der Waals surface area contributed by atoms with Crippen LogP contribution >= 0.6 is 0 Å². The fraction of sp³-hybridized carbons (Fsp3) is 0.667. The molecule has 0 fully saturated rings. The molecule has 1 nitrogen and oxygen atoms in total. The monoisotopic (exact) mass is 180 g/mol. The van der Waals surface area contributed by atoms with Gasteiger partial charge >= 0.3 is 0 Å². The lowest BCUT2D eigenvalue weighted by atomic mass is 9.94. The molecule has 0 atom stereocenters. The highest BCUT2D eigenvalue weighted by Gasteiger charge is 2.18. The summed E-state index contributed by atoms with van der Waals surface area (Å²) >= 11 is 0. The van der Waals surface area contributed by atoms with E-state index in [4.69, 9.17) is 4.42 Å². The SMILES string of the molecule is CC(C)Cc1ccc(C(C)(C)C)o1. The lowest BCUT2D eigenvalue weighted by molar-refractivity contribution is 0.375. The predicted molar refractivity (Wildman–Crippen MR) is 56.0 cm³/mol. The van der Waals surface area contributed by atoms with Gasteiger partial charge in [0.15, 0.2) is 0 Å². The van der Waals surface area contributed by atoms with E-state index >= 15 is 0 Å². The molecule has 0 aromatic carbocycles. The molecule has 0 spiro atoms. The minimum atomic E-state index is 0.134. The smallest absolute Gasteiger partial charge is 0.109 e. The Balaban J connectivity index is 2.75. The lowest BCUT2D eigenvalue weighted by Crippen LogP contribution is -2.09. The molecule has 13 heavy (non-hydrogen) atoms. The first-order chi connectivity index (χ1) is 5.89. The molecule has 0 amide bonds. The van der Waals surface area contributed by atoms with Gasteiger partial charge in [-0.15, -0.1) is 0 Å². The van der Waals surface area contributed by atoms with Gasteiger partial charge in [-0.3, -0.25) is 0 Å². The molecule has 0 saturated heterocycles. The van der Waals surface area contributed by atoms with Crippen LogP contribution in [0.25, 0.3) is 0 Å².